The minimum Gasteiger partial charge on any atom is -0.489 e. The molecular formula is C11H11ClO4. The summed E-state index contributed by atoms with van der Waals surface area (Å²) in [5, 5.41) is 9.10. The Bertz CT molecular complexity index is 417. The van der Waals surface area contributed by atoms with Crippen molar-refractivity contribution in [3.63, 3.8) is 0 Å². The maximum atomic E-state index is 10.6. The lowest BCUT2D eigenvalue weighted by molar-refractivity contribution is -0.136. The fraction of sp³-hybridized carbons (Fsp3) is 0.364. The monoisotopic (exact) mass is 242 g/mol. The van der Waals surface area contributed by atoms with Crippen molar-refractivity contribution in [2.45, 2.75) is 12.8 Å². The lowest BCUT2D eigenvalue weighted by Crippen LogP contribution is -2.01. The molecule has 2 rings (SSSR count). The summed E-state index contributed by atoms with van der Waals surface area (Å²) >= 11 is 6.01. The van der Waals surface area contributed by atoms with Gasteiger partial charge in [-0.15, -0.1) is 0 Å². The minimum atomic E-state index is -0.898. The van der Waals surface area contributed by atoms with Gasteiger partial charge in [0.1, 0.15) is 0 Å². The van der Waals surface area contributed by atoms with Gasteiger partial charge in [-0.25, -0.2) is 0 Å². The number of carbonyl (C=O) groups is 1. The predicted octanol–water partition coefficient (Wildman–Crippen LogP) is 2.13. The molecule has 4 nitrogen and oxygen atoms in total. The van der Waals surface area contributed by atoms with E-state index in [1.165, 1.54) is 0 Å². The lowest BCUT2D eigenvalue weighted by atomic mass is 10.1. The summed E-state index contributed by atoms with van der Waals surface area (Å²) in [6, 6.07) is 3.27. The van der Waals surface area contributed by atoms with Crippen LogP contribution in [0.3, 0.4) is 0 Å². The third kappa shape index (κ3) is 2.39. The van der Waals surface area contributed by atoms with Crippen molar-refractivity contribution in [1.82, 2.24) is 0 Å². The molecule has 5 heteroatoms. The second-order valence-corrected chi connectivity index (χ2v) is 3.93. The number of halogens is 1. The second-order valence-electron chi connectivity index (χ2n) is 3.53. The molecule has 0 atom stereocenters. The van der Waals surface area contributed by atoms with Gasteiger partial charge in [0.2, 0.25) is 0 Å². The molecule has 0 bridgehead atoms. The van der Waals surface area contributed by atoms with E-state index in [-0.39, 0.29) is 6.42 Å². The topological polar surface area (TPSA) is 55.8 Å². The molecule has 0 saturated heterocycles. The van der Waals surface area contributed by atoms with Crippen molar-refractivity contribution in [3.05, 3.63) is 22.7 Å². The van der Waals surface area contributed by atoms with E-state index >= 15 is 0 Å². The molecule has 86 valence electrons. The molecule has 0 aromatic heterocycles. The lowest BCUT2D eigenvalue weighted by Gasteiger charge is -2.10. The van der Waals surface area contributed by atoms with Crippen LogP contribution in [-0.4, -0.2) is 24.3 Å². The second kappa shape index (κ2) is 4.61. The Kier molecular flexibility index (Phi) is 3.19. The van der Waals surface area contributed by atoms with Crippen LogP contribution in [0.25, 0.3) is 0 Å². The van der Waals surface area contributed by atoms with Crippen LogP contribution in [0, 0.1) is 0 Å². The van der Waals surface area contributed by atoms with E-state index < -0.39 is 5.97 Å². The minimum absolute atomic E-state index is 0.0731. The van der Waals surface area contributed by atoms with Gasteiger partial charge in [-0.3, -0.25) is 4.79 Å². The standard InChI is InChI=1S/C11H11ClO4/c12-8-4-7(6-10(13)14)5-9-11(8)16-3-1-2-15-9/h4-5H,1-3,6H2,(H,13,14). The molecule has 0 aliphatic carbocycles. The van der Waals surface area contributed by atoms with Crippen LogP contribution in [0.15, 0.2) is 12.1 Å². The first-order valence-electron chi connectivity index (χ1n) is 4.96. The molecule has 0 radical (unpaired) electrons. The summed E-state index contributed by atoms with van der Waals surface area (Å²) in [4.78, 5) is 10.6. The van der Waals surface area contributed by atoms with Crippen LogP contribution in [0.1, 0.15) is 12.0 Å². The number of carboxylic acids is 1. The zero-order valence-electron chi connectivity index (χ0n) is 8.53. The van der Waals surface area contributed by atoms with Crippen LogP contribution in [0.2, 0.25) is 5.02 Å². The van der Waals surface area contributed by atoms with Crippen molar-refractivity contribution in [2.24, 2.45) is 0 Å². The largest absolute Gasteiger partial charge is 0.489 e. The van der Waals surface area contributed by atoms with Crippen LogP contribution in [-0.2, 0) is 11.2 Å². The summed E-state index contributed by atoms with van der Waals surface area (Å²) in [7, 11) is 0. The average molecular weight is 243 g/mol. The number of fused-ring (bicyclic) bond motifs is 1. The summed E-state index contributed by atoms with van der Waals surface area (Å²) in [6.45, 7) is 1.12. The van der Waals surface area contributed by atoms with Gasteiger partial charge in [0, 0.05) is 6.42 Å². The van der Waals surface area contributed by atoms with E-state index in [1.54, 1.807) is 12.1 Å². The number of carboxylic acid groups (broad SMARTS) is 1. The molecule has 1 aliphatic heterocycles. The van der Waals surface area contributed by atoms with Crippen molar-refractivity contribution in [3.8, 4) is 11.5 Å². The highest BCUT2D eigenvalue weighted by Crippen LogP contribution is 2.38. The Labute approximate surface area is 97.7 Å². The molecule has 1 aromatic rings. The molecule has 1 aromatic carbocycles. The van der Waals surface area contributed by atoms with Crippen LogP contribution >= 0.6 is 11.6 Å². The average Bonchev–Trinajstić information content (AvgIpc) is 2.41. The fourth-order valence-corrected chi connectivity index (χ4v) is 1.85. The molecule has 1 aliphatic rings. The zero-order valence-corrected chi connectivity index (χ0v) is 9.29. The molecule has 16 heavy (non-hydrogen) atoms. The van der Waals surface area contributed by atoms with Gasteiger partial charge >= 0.3 is 5.97 Å². The summed E-state index contributed by atoms with van der Waals surface area (Å²) in [6.07, 6.45) is 0.718. The Hall–Kier alpha value is -1.42. The molecule has 0 saturated carbocycles. The maximum Gasteiger partial charge on any atom is 0.307 e. The summed E-state index contributed by atoms with van der Waals surface area (Å²) < 4.78 is 10.9. The van der Waals surface area contributed by atoms with E-state index in [9.17, 15) is 4.79 Å². The van der Waals surface area contributed by atoms with Crippen molar-refractivity contribution in [1.29, 1.82) is 0 Å². The Morgan fingerprint density at radius 1 is 1.38 bits per heavy atom. The molecule has 1 heterocycles. The molecular weight excluding hydrogens is 232 g/mol. The van der Waals surface area contributed by atoms with Crippen LogP contribution < -0.4 is 9.47 Å². The zero-order chi connectivity index (χ0) is 11.5. The highest BCUT2D eigenvalue weighted by atomic mass is 35.5. The van der Waals surface area contributed by atoms with Gasteiger partial charge in [-0.2, -0.15) is 0 Å². The number of aliphatic carboxylic acids is 1. The number of benzene rings is 1. The number of ether oxygens (including phenoxy) is 2. The van der Waals surface area contributed by atoms with Crippen molar-refractivity contribution < 1.29 is 19.4 Å². The Morgan fingerprint density at radius 3 is 2.88 bits per heavy atom. The van der Waals surface area contributed by atoms with E-state index in [4.69, 9.17) is 26.2 Å². The molecule has 0 fully saturated rings. The molecule has 0 spiro atoms. The van der Waals surface area contributed by atoms with Gasteiger partial charge in [-0.05, 0) is 17.7 Å². The third-order valence-electron chi connectivity index (χ3n) is 2.22. The van der Waals surface area contributed by atoms with Crippen molar-refractivity contribution >= 4 is 17.6 Å². The van der Waals surface area contributed by atoms with Gasteiger partial charge in [-0.1, -0.05) is 11.6 Å². The number of hydrogen-bond donors (Lipinski definition) is 1. The summed E-state index contributed by atoms with van der Waals surface area (Å²) in [5.41, 5.74) is 0.613. The quantitative estimate of drug-likeness (QED) is 0.863. The third-order valence-corrected chi connectivity index (χ3v) is 2.50. The van der Waals surface area contributed by atoms with Crippen LogP contribution in [0.5, 0.6) is 11.5 Å². The van der Waals surface area contributed by atoms with Crippen molar-refractivity contribution in [2.75, 3.05) is 13.2 Å². The Morgan fingerprint density at radius 2 is 2.12 bits per heavy atom. The summed E-state index contributed by atoms with van der Waals surface area (Å²) in [5.74, 6) is 0.139. The Balaban J connectivity index is 2.35. The first-order chi connectivity index (χ1) is 7.66. The van der Waals surface area contributed by atoms with Gasteiger partial charge in [0.25, 0.3) is 0 Å². The van der Waals surface area contributed by atoms with Gasteiger partial charge in [0.15, 0.2) is 11.5 Å². The maximum absolute atomic E-state index is 10.6. The molecule has 0 amide bonds. The molecule has 1 N–H and O–H groups in total. The van der Waals surface area contributed by atoms with E-state index in [1.807, 2.05) is 0 Å². The van der Waals surface area contributed by atoms with E-state index in [2.05, 4.69) is 0 Å². The SMILES string of the molecule is O=C(O)Cc1cc(Cl)c2c(c1)OCCCO2. The highest BCUT2D eigenvalue weighted by Gasteiger charge is 2.16. The smallest absolute Gasteiger partial charge is 0.307 e. The van der Waals surface area contributed by atoms with Crippen LogP contribution in [0.4, 0.5) is 0 Å². The fourth-order valence-electron chi connectivity index (χ4n) is 1.56. The first kappa shape index (κ1) is 11.1. The first-order valence-corrected chi connectivity index (χ1v) is 5.34. The highest BCUT2D eigenvalue weighted by molar-refractivity contribution is 6.32. The molecule has 0 unspecified atom stereocenters. The normalized spacial score (nSPS) is 14.3. The number of hydrogen-bond acceptors (Lipinski definition) is 3. The number of rotatable bonds is 2. The van der Waals surface area contributed by atoms with E-state index in [0.717, 1.165) is 6.42 Å². The predicted molar refractivity (Wildman–Crippen MR) is 58.4 cm³/mol. The van der Waals surface area contributed by atoms with E-state index in [0.29, 0.717) is 35.3 Å². The van der Waals surface area contributed by atoms with Gasteiger partial charge in [0.05, 0.1) is 24.7 Å². The van der Waals surface area contributed by atoms with Gasteiger partial charge < -0.3 is 14.6 Å².